The number of halogens is 1. The van der Waals surface area contributed by atoms with E-state index in [1.54, 1.807) is 9.80 Å². The van der Waals surface area contributed by atoms with Gasteiger partial charge in [-0.3, -0.25) is 0 Å². The molecule has 0 aromatic carbocycles. The molecule has 2 spiro atoms. The van der Waals surface area contributed by atoms with Crippen LogP contribution in [0.3, 0.4) is 0 Å². The van der Waals surface area contributed by atoms with Crippen molar-refractivity contribution in [3.63, 3.8) is 0 Å². The fourth-order valence-corrected chi connectivity index (χ4v) is 4.37. The van der Waals surface area contributed by atoms with Crippen LogP contribution in [0.15, 0.2) is 11.3 Å². The second kappa shape index (κ2) is 8.35. The van der Waals surface area contributed by atoms with Crippen LogP contribution >= 0.6 is 11.6 Å². The average Bonchev–Trinajstić information content (AvgIpc) is 2.92. The molecule has 0 radical (unpaired) electrons. The zero-order valence-corrected chi connectivity index (χ0v) is 20.2. The number of hydrogen-bond acceptors (Lipinski definition) is 6. The third kappa shape index (κ3) is 5.58. The number of rotatable bonds is 0. The standard InChI is InChI=1S/C22H35ClN2O6/c1-19(2,3)29-17(26)24-11-7-21(8-12-24)16(15-23)28-22(31-21)9-13-25(14-10-22)18(27)30-20(4,5)6/h15H,7-14H2,1-6H3/b16-15-. The van der Waals surface area contributed by atoms with Crippen LogP contribution in [0.4, 0.5) is 9.59 Å². The van der Waals surface area contributed by atoms with Crippen molar-refractivity contribution in [2.45, 2.75) is 89.8 Å². The van der Waals surface area contributed by atoms with Gasteiger partial charge in [0, 0.05) is 57.4 Å². The molecule has 8 nitrogen and oxygen atoms in total. The molecule has 9 heteroatoms. The summed E-state index contributed by atoms with van der Waals surface area (Å²) in [4.78, 5) is 28.2. The van der Waals surface area contributed by atoms with E-state index in [2.05, 4.69) is 0 Å². The van der Waals surface area contributed by atoms with Gasteiger partial charge in [0.1, 0.15) is 22.6 Å². The Kier molecular flexibility index (Phi) is 6.46. The third-order valence-electron chi connectivity index (χ3n) is 5.63. The molecule has 3 fully saturated rings. The first-order valence-corrected chi connectivity index (χ1v) is 11.4. The fourth-order valence-electron chi connectivity index (χ4n) is 4.13. The number of amides is 2. The van der Waals surface area contributed by atoms with Gasteiger partial charge in [-0.2, -0.15) is 0 Å². The van der Waals surface area contributed by atoms with E-state index in [0.717, 1.165) is 0 Å². The lowest BCUT2D eigenvalue weighted by molar-refractivity contribution is -0.213. The number of ether oxygens (including phenoxy) is 4. The summed E-state index contributed by atoms with van der Waals surface area (Å²) in [5.74, 6) is -0.212. The smallest absolute Gasteiger partial charge is 0.410 e. The molecule has 31 heavy (non-hydrogen) atoms. The van der Waals surface area contributed by atoms with Crippen molar-refractivity contribution in [2.75, 3.05) is 26.2 Å². The van der Waals surface area contributed by atoms with Crippen molar-refractivity contribution < 1.29 is 28.5 Å². The molecule has 0 aliphatic carbocycles. The molecule has 3 aliphatic heterocycles. The summed E-state index contributed by atoms with van der Waals surface area (Å²) in [7, 11) is 0. The number of likely N-dealkylation sites (tertiary alicyclic amines) is 2. The van der Waals surface area contributed by atoms with E-state index in [9.17, 15) is 9.59 Å². The van der Waals surface area contributed by atoms with E-state index in [1.165, 1.54) is 5.54 Å². The minimum atomic E-state index is -0.812. The molecule has 3 saturated heterocycles. The van der Waals surface area contributed by atoms with Gasteiger partial charge in [-0.1, -0.05) is 11.6 Å². The van der Waals surface area contributed by atoms with Crippen molar-refractivity contribution in [3.8, 4) is 0 Å². The highest BCUT2D eigenvalue weighted by Gasteiger charge is 2.57. The van der Waals surface area contributed by atoms with E-state index in [0.29, 0.717) is 57.6 Å². The van der Waals surface area contributed by atoms with Crippen molar-refractivity contribution in [2.24, 2.45) is 0 Å². The summed E-state index contributed by atoms with van der Waals surface area (Å²) in [5.41, 5.74) is -0.285. The number of nitrogens with zero attached hydrogens (tertiary/aromatic N) is 2. The monoisotopic (exact) mass is 458 g/mol. The van der Waals surface area contributed by atoms with Gasteiger partial charge in [-0.25, -0.2) is 9.59 Å². The Balaban J connectivity index is 1.61. The predicted molar refractivity (Wildman–Crippen MR) is 116 cm³/mol. The number of carbonyl (C=O) groups excluding carboxylic acids is 2. The Morgan fingerprint density at radius 3 is 1.68 bits per heavy atom. The highest BCUT2D eigenvalue weighted by atomic mass is 35.5. The van der Waals surface area contributed by atoms with Crippen molar-refractivity contribution in [1.29, 1.82) is 0 Å². The maximum atomic E-state index is 12.4. The number of carbonyl (C=O) groups is 2. The van der Waals surface area contributed by atoms with E-state index >= 15 is 0 Å². The van der Waals surface area contributed by atoms with Gasteiger partial charge in [0.05, 0.1) is 0 Å². The molecule has 3 rings (SSSR count). The van der Waals surface area contributed by atoms with Crippen LogP contribution in [-0.2, 0) is 18.9 Å². The molecule has 176 valence electrons. The summed E-state index contributed by atoms with van der Waals surface area (Å²) in [5, 5.41) is 0. The Bertz CT molecular complexity index is 723. The lowest BCUT2D eigenvalue weighted by atomic mass is 9.90. The Hall–Kier alpha value is -1.67. The van der Waals surface area contributed by atoms with Gasteiger partial charge in [-0.05, 0) is 41.5 Å². The van der Waals surface area contributed by atoms with Crippen molar-refractivity contribution in [1.82, 2.24) is 9.80 Å². The molecular weight excluding hydrogens is 424 g/mol. The molecule has 2 amide bonds. The first kappa shape index (κ1) is 24.0. The lowest BCUT2D eigenvalue weighted by Gasteiger charge is -2.41. The maximum Gasteiger partial charge on any atom is 0.410 e. The van der Waals surface area contributed by atoms with Crippen LogP contribution in [0.2, 0.25) is 0 Å². The van der Waals surface area contributed by atoms with Crippen molar-refractivity contribution in [3.05, 3.63) is 11.3 Å². The molecular formula is C22H35ClN2O6. The lowest BCUT2D eigenvalue weighted by Crippen LogP contribution is -2.52. The number of hydrogen-bond donors (Lipinski definition) is 0. The second-order valence-corrected chi connectivity index (χ2v) is 10.7. The van der Waals surface area contributed by atoms with Gasteiger partial charge in [0.25, 0.3) is 0 Å². The van der Waals surface area contributed by atoms with E-state index < -0.39 is 22.6 Å². The van der Waals surface area contributed by atoms with E-state index in [4.69, 9.17) is 30.5 Å². The molecule has 0 bridgehead atoms. The zero-order valence-electron chi connectivity index (χ0n) is 19.5. The Labute approximate surface area is 189 Å². The van der Waals surface area contributed by atoms with E-state index in [-0.39, 0.29) is 12.2 Å². The van der Waals surface area contributed by atoms with Gasteiger partial charge >= 0.3 is 12.2 Å². The SMILES string of the molecule is CC(C)(C)OC(=O)N1CCC2(CC1)O/C(=C\Cl)C1(CCN(C(=O)OC(C)(C)C)CC1)O2. The fraction of sp³-hybridized carbons (Fsp3) is 0.818. The maximum absolute atomic E-state index is 12.4. The van der Waals surface area contributed by atoms with Gasteiger partial charge in [0.2, 0.25) is 5.79 Å². The highest BCUT2D eigenvalue weighted by Crippen LogP contribution is 2.50. The zero-order chi connectivity index (χ0) is 23.1. The molecule has 0 aromatic heterocycles. The van der Waals surface area contributed by atoms with Crippen molar-refractivity contribution >= 4 is 23.8 Å². The minimum absolute atomic E-state index is 0.321. The number of piperidine rings is 2. The molecule has 3 aliphatic rings. The average molecular weight is 459 g/mol. The third-order valence-corrected chi connectivity index (χ3v) is 5.82. The first-order valence-electron chi connectivity index (χ1n) is 10.9. The van der Waals surface area contributed by atoms with Crippen LogP contribution in [0.1, 0.15) is 67.2 Å². The van der Waals surface area contributed by atoms with Crippen LogP contribution in [0, 0.1) is 0 Å². The summed E-state index contributed by atoms with van der Waals surface area (Å²) in [6.07, 6.45) is 1.55. The topological polar surface area (TPSA) is 77.5 Å². The summed E-state index contributed by atoms with van der Waals surface area (Å²) >= 11 is 6.11. The summed E-state index contributed by atoms with van der Waals surface area (Å²) in [6.45, 7) is 13.1. The summed E-state index contributed by atoms with van der Waals surface area (Å²) in [6, 6.07) is 0. The summed E-state index contributed by atoms with van der Waals surface area (Å²) < 4.78 is 23.7. The molecule has 3 heterocycles. The molecule has 0 unspecified atom stereocenters. The first-order chi connectivity index (χ1) is 14.3. The van der Waals surface area contributed by atoms with Crippen LogP contribution < -0.4 is 0 Å². The molecule has 0 atom stereocenters. The predicted octanol–water partition coefficient (Wildman–Crippen LogP) is 4.61. The minimum Gasteiger partial charge on any atom is -0.463 e. The van der Waals surface area contributed by atoms with E-state index in [1.807, 2.05) is 41.5 Å². The second-order valence-electron chi connectivity index (χ2n) is 10.5. The van der Waals surface area contributed by atoms with Gasteiger partial charge in [-0.15, -0.1) is 0 Å². The quantitative estimate of drug-likeness (QED) is 0.527. The molecule has 0 saturated carbocycles. The van der Waals surface area contributed by atoms with Gasteiger partial charge in [0.15, 0.2) is 0 Å². The molecule has 0 N–H and O–H groups in total. The van der Waals surface area contributed by atoms with Crippen LogP contribution in [0.25, 0.3) is 0 Å². The van der Waals surface area contributed by atoms with Crippen LogP contribution in [-0.4, -0.2) is 70.8 Å². The normalized spacial score (nSPS) is 24.4. The Morgan fingerprint density at radius 2 is 1.29 bits per heavy atom. The molecule has 0 aromatic rings. The highest BCUT2D eigenvalue weighted by molar-refractivity contribution is 6.25. The van der Waals surface area contributed by atoms with Crippen LogP contribution in [0.5, 0.6) is 0 Å². The largest absolute Gasteiger partial charge is 0.463 e. The van der Waals surface area contributed by atoms with Gasteiger partial charge < -0.3 is 28.7 Å². The Morgan fingerprint density at radius 1 is 0.871 bits per heavy atom.